The lowest BCUT2D eigenvalue weighted by Crippen LogP contribution is -2.55. The molecular weight excluding hydrogens is 218 g/mol. The summed E-state index contributed by atoms with van der Waals surface area (Å²) in [4.78, 5) is 2.66. The third-order valence-corrected chi connectivity index (χ3v) is 4.76. The molecule has 2 fully saturated rings. The molecule has 2 rings (SSSR count). The van der Waals surface area contributed by atoms with Crippen LogP contribution in [0.25, 0.3) is 0 Å². The summed E-state index contributed by atoms with van der Waals surface area (Å²) in [6.07, 6.45) is 5.83. The van der Waals surface area contributed by atoms with E-state index in [9.17, 15) is 0 Å². The number of thiol groups is 1. The third kappa shape index (κ3) is 2.93. The Labute approximate surface area is 105 Å². The van der Waals surface area contributed by atoms with Crippen LogP contribution in [0.1, 0.15) is 39.5 Å². The van der Waals surface area contributed by atoms with E-state index in [0.717, 1.165) is 18.9 Å². The van der Waals surface area contributed by atoms with Gasteiger partial charge in [-0.1, -0.05) is 26.7 Å². The summed E-state index contributed by atoms with van der Waals surface area (Å²) < 4.78 is 5.90. The average Bonchev–Trinajstić information content (AvgIpc) is 2.29. The number of hydrogen-bond donors (Lipinski definition) is 1. The van der Waals surface area contributed by atoms with Gasteiger partial charge in [-0.2, -0.15) is 12.6 Å². The lowest BCUT2D eigenvalue weighted by atomic mass is 9.87. The van der Waals surface area contributed by atoms with Gasteiger partial charge in [0.05, 0.1) is 12.7 Å². The van der Waals surface area contributed by atoms with Crippen molar-refractivity contribution in [3.8, 4) is 0 Å². The van der Waals surface area contributed by atoms with Gasteiger partial charge in [-0.3, -0.25) is 4.90 Å². The van der Waals surface area contributed by atoms with E-state index >= 15 is 0 Å². The van der Waals surface area contributed by atoms with Crippen molar-refractivity contribution in [3.63, 3.8) is 0 Å². The van der Waals surface area contributed by atoms with Crippen LogP contribution in [0.3, 0.4) is 0 Å². The predicted molar refractivity (Wildman–Crippen MR) is 71.2 cm³/mol. The van der Waals surface area contributed by atoms with Crippen LogP contribution in [0.5, 0.6) is 0 Å². The molecule has 1 aliphatic heterocycles. The maximum absolute atomic E-state index is 5.90. The Balaban J connectivity index is 1.97. The van der Waals surface area contributed by atoms with E-state index < -0.39 is 0 Å². The van der Waals surface area contributed by atoms with E-state index in [0.29, 0.717) is 17.6 Å². The first kappa shape index (κ1) is 12.7. The standard InChI is InChI=1S/C13H25NOS/c1-13(2,10-16)9-14-7-8-15-12-6-4-3-5-11(12)14/h11-12,16H,3-10H2,1-2H3. The number of nitrogens with zero attached hydrogens (tertiary/aromatic N) is 1. The molecule has 1 heterocycles. The fraction of sp³-hybridized carbons (Fsp3) is 1.00. The Hall–Kier alpha value is 0.270. The van der Waals surface area contributed by atoms with Gasteiger partial charge in [-0.15, -0.1) is 0 Å². The molecule has 16 heavy (non-hydrogen) atoms. The zero-order chi connectivity index (χ0) is 11.6. The Morgan fingerprint density at radius 2 is 2.06 bits per heavy atom. The molecule has 2 nitrogen and oxygen atoms in total. The van der Waals surface area contributed by atoms with Crippen LogP contribution in [-0.2, 0) is 4.74 Å². The highest BCUT2D eigenvalue weighted by atomic mass is 32.1. The molecule has 0 radical (unpaired) electrons. The molecule has 94 valence electrons. The van der Waals surface area contributed by atoms with Gasteiger partial charge < -0.3 is 4.74 Å². The molecular formula is C13H25NOS. The summed E-state index contributed by atoms with van der Waals surface area (Å²) in [6.45, 7) is 7.82. The molecule has 1 saturated heterocycles. The Kier molecular flexibility index (Phi) is 4.20. The van der Waals surface area contributed by atoms with Crippen molar-refractivity contribution < 1.29 is 4.74 Å². The van der Waals surface area contributed by atoms with E-state index in [2.05, 4.69) is 31.4 Å². The molecule has 0 N–H and O–H groups in total. The molecule has 1 saturated carbocycles. The Morgan fingerprint density at radius 3 is 2.81 bits per heavy atom. The lowest BCUT2D eigenvalue weighted by Gasteiger charge is -2.46. The highest BCUT2D eigenvalue weighted by molar-refractivity contribution is 7.80. The van der Waals surface area contributed by atoms with Gasteiger partial charge in [-0.05, 0) is 24.0 Å². The van der Waals surface area contributed by atoms with E-state index in [1.165, 1.54) is 32.2 Å². The molecule has 0 amide bonds. The topological polar surface area (TPSA) is 12.5 Å². The molecule has 0 aromatic carbocycles. The van der Waals surface area contributed by atoms with Crippen LogP contribution in [0.15, 0.2) is 0 Å². The van der Waals surface area contributed by atoms with Crippen molar-refractivity contribution >= 4 is 12.6 Å². The van der Waals surface area contributed by atoms with Crippen molar-refractivity contribution in [3.05, 3.63) is 0 Å². The van der Waals surface area contributed by atoms with Crippen molar-refractivity contribution in [2.75, 3.05) is 25.4 Å². The van der Waals surface area contributed by atoms with Crippen LogP contribution >= 0.6 is 12.6 Å². The van der Waals surface area contributed by atoms with Crippen molar-refractivity contribution in [1.82, 2.24) is 4.90 Å². The van der Waals surface area contributed by atoms with Crippen molar-refractivity contribution in [1.29, 1.82) is 0 Å². The van der Waals surface area contributed by atoms with Gasteiger partial charge in [0.25, 0.3) is 0 Å². The second kappa shape index (κ2) is 5.28. The number of fused-ring (bicyclic) bond motifs is 1. The molecule has 2 unspecified atom stereocenters. The SMILES string of the molecule is CC(C)(CS)CN1CCOC2CCCCC21. The predicted octanol–water partition coefficient (Wildman–Crippen LogP) is 2.59. The Bertz CT molecular complexity index is 230. The summed E-state index contributed by atoms with van der Waals surface area (Å²) in [5, 5.41) is 0. The summed E-state index contributed by atoms with van der Waals surface area (Å²) in [5.74, 6) is 0.960. The molecule has 3 heteroatoms. The minimum Gasteiger partial charge on any atom is -0.375 e. The zero-order valence-electron chi connectivity index (χ0n) is 10.6. The molecule has 0 bridgehead atoms. The largest absolute Gasteiger partial charge is 0.375 e. The third-order valence-electron chi connectivity index (χ3n) is 3.91. The fourth-order valence-electron chi connectivity index (χ4n) is 2.97. The van der Waals surface area contributed by atoms with Crippen LogP contribution in [0.4, 0.5) is 0 Å². The average molecular weight is 243 g/mol. The minimum absolute atomic E-state index is 0.322. The van der Waals surface area contributed by atoms with Gasteiger partial charge in [0.2, 0.25) is 0 Å². The number of rotatable bonds is 3. The van der Waals surface area contributed by atoms with Crippen LogP contribution in [0, 0.1) is 5.41 Å². The van der Waals surface area contributed by atoms with Crippen molar-refractivity contribution in [2.24, 2.45) is 5.41 Å². The van der Waals surface area contributed by atoms with E-state index in [4.69, 9.17) is 4.74 Å². The zero-order valence-corrected chi connectivity index (χ0v) is 11.5. The summed E-state index contributed by atoms with van der Waals surface area (Å²) in [7, 11) is 0. The second-order valence-electron chi connectivity index (χ2n) is 6.05. The highest BCUT2D eigenvalue weighted by Crippen LogP contribution is 2.31. The first-order valence-electron chi connectivity index (χ1n) is 6.59. The lowest BCUT2D eigenvalue weighted by molar-refractivity contribution is -0.0953. The maximum Gasteiger partial charge on any atom is 0.0730 e. The smallest absolute Gasteiger partial charge is 0.0730 e. The van der Waals surface area contributed by atoms with Crippen molar-refractivity contribution in [2.45, 2.75) is 51.7 Å². The molecule has 2 aliphatic rings. The normalized spacial score (nSPS) is 32.4. The summed E-state index contributed by atoms with van der Waals surface area (Å²) in [5.41, 5.74) is 0.322. The van der Waals surface area contributed by atoms with Gasteiger partial charge in [-0.25, -0.2) is 0 Å². The quantitative estimate of drug-likeness (QED) is 0.765. The minimum atomic E-state index is 0.322. The van der Waals surface area contributed by atoms with Crippen LogP contribution in [0.2, 0.25) is 0 Å². The first-order chi connectivity index (χ1) is 7.62. The molecule has 0 aromatic heterocycles. The monoisotopic (exact) mass is 243 g/mol. The van der Waals surface area contributed by atoms with E-state index in [-0.39, 0.29) is 0 Å². The van der Waals surface area contributed by atoms with Gasteiger partial charge in [0.15, 0.2) is 0 Å². The van der Waals surface area contributed by atoms with E-state index in [1.807, 2.05) is 0 Å². The van der Waals surface area contributed by atoms with E-state index in [1.54, 1.807) is 0 Å². The first-order valence-corrected chi connectivity index (χ1v) is 7.22. The molecule has 0 aromatic rings. The second-order valence-corrected chi connectivity index (χ2v) is 6.37. The Morgan fingerprint density at radius 1 is 1.31 bits per heavy atom. The summed E-state index contributed by atoms with van der Waals surface area (Å²) >= 11 is 4.46. The molecule has 0 spiro atoms. The van der Waals surface area contributed by atoms with Crippen LogP contribution in [-0.4, -0.2) is 42.5 Å². The molecule has 1 aliphatic carbocycles. The van der Waals surface area contributed by atoms with Gasteiger partial charge in [0.1, 0.15) is 0 Å². The number of hydrogen-bond acceptors (Lipinski definition) is 3. The summed E-state index contributed by atoms with van der Waals surface area (Å²) in [6, 6.07) is 0.682. The van der Waals surface area contributed by atoms with Crippen LogP contribution < -0.4 is 0 Å². The van der Waals surface area contributed by atoms with Gasteiger partial charge >= 0.3 is 0 Å². The maximum atomic E-state index is 5.90. The molecule has 2 atom stereocenters. The highest BCUT2D eigenvalue weighted by Gasteiger charge is 2.36. The van der Waals surface area contributed by atoms with Gasteiger partial charge in [0, 0.05) is 19.1 Å². The number of morpholine rings is 1. The fourth-order valence-corrected chi connectivity index (χ4v) is 3.07. The number of ether oxygens (including phenoxy) is 1.